The zero-order chi connectivity index (χ0) is 5.15. The Morgan fingerprint density at radius 2 is 0.389 bits per heavy atom. The van der Waals surface area contributed by atoms with Crippen molar-refractivity contribution < 1.29 is 188 Å². The first-order valence-corrected chi connectivity index (χ1v) is 1.37. The van der Waals surface area contributed by atoms with Gasteiger partial charge in [-0.15, -0.1) is 0 Å². The van der Waals surface area contributed by atoms with Crippen molar-refractivity contribution in [3.05, 3.63) is 0 Å². The van der Waals surface area contributed by atoms with Crippen LogP contribution in [0.2, 0.25) is 0 Å². The molecule has 0 aliphatic rings. The van der Waals surface area contributed by atoms with Gasteiger partial charge in [0.05, 0.1) is 0 Å². The van der Waals surface area contributed by atoms with Crippen molar-refractivity contribution in [3.8, 4) is 0 Å². The summed E-state index contributed by atoms with van der Waals surface area (Å²) in [6.45, 7) is 0. The van der Waals surface area contributed by atoms with Gasteiger partial charge in [0.2, 0.25) is 12.6 Å². The maximum atomic E-state index is 7.69. The van der Waals surface area contributed by atoms with Crippen LogP contribution in [0.4, 0.5) is 0 Å². The van der Waals surface area contributed by atoms with Crippen molar-refractivity contribution in [2.75, 3.05) is 0 Å². The van der Waals surface area contributed by atoms with E-state index in [1.807, 2.05) is 0 Å². The Balaban J connectivity index is -0.00000000189. The van der Waals surface area contributed by atoms with Gasteiger partial charge in [0.1, 0.15) is 0 Å². The third kappa shape index (κ3) is 112. The van der Waals surface area contributed by atoms with Gasteiger partial charge in [0.15, 0.2) is 0 Å². The van der Waals surface area contributed by atoms with E-state index in [0.717, 1.165) is 0 Å². The molecule has 6 radical (unpaired) electrons. The number of aliphatic hydroxyl groups excluding tert-OH is 2. The first kappa shape index (κ1) is 119. The SMILES string of the molecule is O.O.O.O.O.O.OC(O)C(O)O.[Ag].[Ag].[Ag].[Ag].[Ag].[Ag]. The molecule has 16 N–H and O–H groups in total. The largest absolute Gasteiger partial charge is 0.412 e. The number of hydrogen-bond donors (Lipinski definition) is 4. The fourth-order valence-electron chi connectivity index (χ4n) is 0. The molecule has 0 atom stereocenters. The first-order valence-electron chi connectivity index (χ1n) is 1.37. The van der Waals surface area contributed by atoms with E-state index in [9.17, 15) is 0 Å². The summed E-state index contributed by atoms with van der Waals surface area (Å²) in [4.78, 5) is 0. The minimum Gasteiger partial charge on any atom is -0.412 e. The van der Waals surface area contributed by atoms with Gasteiger partial charge in [0, 0.05) is 134 Å². The summed E-state index contributed by atoms with van der Waals surface area (Å²) in [6, 6.07) is 0. The molecule has 0 fully saturated rings. The number of hydrogen-bond acceptors (Lipinski definition) is 4. The minimum absolute atomic E-state index is 0. The molecular formula is C2H18Ag6O10. The molecule has 0 heterocycles. The van der Waals surface area contributed by atoms with Crippen molar-refractivity contribution in [1.29, 1.82) is 0 Å². The molecule has 0 aliphatic heterocycles. The average Bonchev–Trinajstić information content (AvgIpc) is 1.36. The second-order valence-electron chi connectivity index (χ2n) is 0.827. The monoisotopic (exact) mass is 844 g/mol. The fourth-order valence-corrected chi connectivity index (χ4v) is 0. The summed E-state index contributed by atoms with van der Waals surface area (Å²) < 4.78 is 0. The molecule has 152 valence electrons. The van der Waals surface area contributed by atoms with Gasteiger partial charge in [0.25, 0.3) is 0 Å². The minimum atomic E-state index is -2.04. The van der Waals surface area contributed by atoms with E-state index in [1.165, 1.54) is 0 Å². The van der Waals surface area contributed by atoms with Crippen LogP contribution in [0.3, 0.4) is 0 Å². The van der Waals surface area contributed by atoms with E-state index in [2.05, 4.69) is 0 Å². The molecule has 0 aliphatic carbocycles. The molecule has 0 saturated carbocycles. The summed E-state index contributed by atoms with van der Waals surface area (Å²) in [6.07, 6.45) is -4.07. The predicted octanol–water partition coefficient (Wildman–Crippen LogP) is -7.36. The van der Waals surface area contributed by atoms with E-state index in [1.54, 1.807) is 0 Å². The molecule has 0 aromatic heterocycles. The van der Waals surface area contributed by atoms with Crippen molar-refractivity contribution in [2.45, 2.75) is 12.6 Å². The van der Waals surface area contributed by atoms with Gasteiger partial charge in [-0.2, -0.15) is 0 Å². The molecule has 0 unspecified atom stereocenters. The second-order valence-corrected chi connectivity index (χ2v) is 0.827. The molecule has 0 amide bonds. The van der Waals surface area contributed by atoms with Gasteiger partial charge >= 0.3 is 0 Å². The standard InChI is InChI=1S/C2H6O4.6Ag.6H2O/c3-1(4)2(5)6;;;;;;;;;;;;/h1-6H;;;;;;;6*1H2. The van der Waals surface area contributed by atoms with Crippen LogP contribution >= 0.6 is 0 Å². The molecule has 0 bridgehead atoms. The van der Waals surface area contributed by atoms with E-state index >= 15 is 0 Å². The van der Waals surface area contributed by atoms with Gasteiger partial charge in [-0.05, 0) is 0 Å². The van der Waals surface area contributed by atoms with Crippen molar-refractivity contribution in [2.24, 2.45) is 0 Å². The van der Waals surface area contributed by atoms with Crippen LogP contribution in [0, 0.1) is 0 Å². The molecule has 0 saturated heterocycles. The number of aliphatic hydroxyl groups is 4. The number of rotatable bonds is 1. The molecule has 18 heavy (non-hydrogen) atoms. The maximum Gasteiger partial charge on any atom is 0.204 e. The Kier molecular flexibility index (Phi) is 556. The van der Waals surface area contributed by atoms with E-state index < -0.39 is 12.6 Å². The molecule has 0 spiro atoms. The van der Waals surface area contributed by atoms with Crippen LogP contribution in [0.25, 0.3) is 0 Å². The third-order valence-electron chi connectivity index (χ3n) is 0.267. The average molecular weight is 849 g/mol. The Morgan fingerprint density at radius 3 is 0.389 bits per heavy atom. The summed E-state index contributed by atoms with van der Waals surface area (Å²) in [5.41, 5.74) is 0. The van der Waals surface area contributed by atoms with Crippen molar-refractivity contribution >= 4 is 0 Å². The molecule has 0 rings (SSSR count). The third-order valence-corrected chi connectivity index (χ3v) is 0.267. The molecule has 0 aromatic carbocycles. The van der Waals surface area contributed by atoms with Crippen LogP contribution < -0.4 is 0 Å². The van der Waals surface area contributed by atoms with E-state index in [0.29, 0.717) is 0 Å². The summed E-state index contributed by atoms with van der Waals surface area (Å²) in [5, 5.41) is 30.7. The normalized spacial score (nSPS) is 3.67. The van der Waals surface area contributed by atoms with E-state index in [-0.39, 0.29) is 167 Å². The quantitative estimate of drug-likeness (QED) is 0.148. The Labute approximate surface area is 197 Å². The Morgan fingerprint density at radius 1 is 0.333 bits per heavy atom. The van der Waals surface area contributed by atoms with Crippen molar-refractivity contribution in [1.82, 2.24) is 0 Å². The Hall–Kier alpha value is 4.04. The molecule has 0 aromatic rings. The van der Waals surface area contributed by atoms with Crippen LogP contribution in [0.5, 0.6) is 0 Å². The first-order chi connectivity index (χ1) is 2.64. The zero-order valence-electron chi connectivity index (χ0n) is 7.75. The van der Waals surface area contributed by atoms with Crippen LogP contribution in [0.15, 0.2) is 0 Å². The summed E-state index contributed by atoms with van der Waals surface area (Å²) in [7, 11) is 0. The van der Waals surface area contributed by atoms with Crippen LogP contribution in [-0.2, 0) is 134 Å². The zero-order valence-corrected chi connectivity index (χ0v) is 16.6. The summed E-state index contributed by atoms with van der Waals surface area (Å²) in [5.74, 6) is 0. The molecule has 10 nitrogen and oxygen atoms in total. The second kappa shape index (κ2) is 83.8. The van der Waals surface area contributed by atoms with Crippen LogP contribution in [0.1, 0.15) is 0 Å². The smallest absolute Gasteiger partial charge is 0.204 e. The van der Waals surface area contributed by atoms with Crippen molar-refractivity contribution in [3.63, 3.8) is 0 Å². The molecular weight excluding hydrogens is 831 g/mol. The maximum absolute atomic E-state index is 7.69. The van der Waals surface area contributed by atoms with Gasteiger partial charge in [-0.3, -0.25) is 0 Å². The Bertz CT molecular complexity index is 45.3. The predicted molar refractivity (Wildman–Crippen MR) is 38.1 cm³/mol. The topological polar surface area (TPSA) is 270 Å². The van der Waals surface area contributed by atoms with E-state index in [4.69, 9.17) is 20.4 Å². The van der Waals surface area contributed by atoms with Gasteiger partial charge in [-0.1, -0.05) is 0 Å². The molecule has 16 heteroatoms. The van der Waals surface area contributed by atoms with Gasteiger partial charge < -0.3 is 53.3 Å². The van der Waals surface area contributed by atoms with Crippen LogP contribution in [-0.4, -0.2) is 65.9 Å². The fraction of sp³-hybridized carbons (Fsp3) is 1.00. The van der Waals surface area contributed by atoms with Gasteiger partial charge in [-0.25, -0.2) is 0 Å². The summed E-state index contributed by atoms with van der Waals surface area (Å²) >= 11 is 0.